The second-order valence-electron chi connectivity index (χ2n) is 16.3. The molecule has 0 saturated heterocycles. The maximum atomic E-state index is 12.8. The summed E-state index contributed by atoms with van der Waals surface area (Å²) in [6.07, 6.45) is 3.33. The van der Waals surface area contributed by atoms with Crippen molar-refractivity contribution >= 4 is 15.6 Å². The van der Waals surface area contributed by atoms with Crippen molar-refractivity contribution in [1.29, 1.82) is 0 Å². The van der Waals surface area contributed by atoms with Gasteiger partial charge in [-0.25, -0.2) is 9.13 Å². The van der Waals surface area contributed by atoms with E-state index in [1.807, 2.05) is 0 Å². The molecular weight excluding hydrogens is 694 g/mol. The van der Waals surface area contributed by atoms with Crippen LogP contribution in [-0.2, 0) is 9.13 Å². The van der Waals surface area contributed by atoms with E-state index in [4.69, 9.17) is 9.05 Å². The van der Waals surface area contributed by atoms with Gasteiger partial charge in [0.05, 0.1) is 0 Å². The van der Waals surface area contributed by atoms with Crippen LogP contribution in [0.3, 0.4) is 0 Å². The van der Waals surface area contributed by atoms with E-state index < -0.39 is 15.6 Å². The van der Waals surface area contributed by atoms with Crippen molar-refractivity contribution in [2.45, 2.75) is 73.0 Å². The zero-order valence-corrected chi connectivity index (χ0v) is 29.5. The van der Waals surface area contributed by atoms with Crippen molar-refractivity contribution < 1.29 is 37.8 Å². The van der Waals surface area contributed by atoms with E-state index in [-0.39, 0.29) is 35.2 Å². The Balaban J connectivity index is 1.03. The van der Waals surface area contributed by atoms with Crippen molar-refractivity contribution in [3.63, 3.8) is 0 Å². The van der Waals surface area contributed by atoms with Gasteiger partial charge in [0.25, 0.3) is 0 Å². The SMILES string of the molecule is O=P(O)(O)Oc1c2c(c(OP(=O)(O)O)c3c1C1C[C@H]3c3cc4c(cc31)C1C[C@H]4c3ccccc31)[C@@H]1CC2c2cc3c(cc21)C1CC3c2ccccc21. The molecule has 0 radical (unpaired) electrons. The van der Waals surface area contributed by atoms with Crippen LogP contribution in [0.4, 0.5) is 0 Å². The van der Waals surface area contributed by atoms with Crippen LogP contribution in [0.5, 0.6) is 11.5 Å². The van der Waals surface area contributed by atoms with Crippen LogP contribution in [0.2, 0.25) is 0 Å². The Hall–Kier alpha value is -4.00. The maximum absolute atomic E-state index is 12.8. The fourth-order valence-corrected chi connectivity index (χ4v) is 13.7. The Morgan fingerprint density at radius 2 is 0.615 bits per heavy atom. The van der Waals surface area contributed by atoms with Crippen molar-refractivity contribution in [2.75, 3.05) is 0 Å². The van der Waals surface area contributed by atoms with Crippen molar-refractivity contribution in [2.24, 2.45) is 0 Å². The summed E-state index contributed by atoms with van der Waals surface area (Å²) in [6, 6.07) is 26.6. The van der Waals surface area contributed by atoms with Crippen LogP contribution in [0.15, 0.2) is 72.8 Å². The number of hydrogen-bond acceptors (Lipinski definition) is 4. The third kappa shape index (κ3) is 3.46. The van der Waals surface area contributed by atoms with Gasteiger partial charge in [-0.15, -0.1) is 0 Å². The van der Waals surface area contributed by atoms with Crippen molar-refractivity contribution in [3.8, 4) is 11.5 Å². The lowest BCUT2D eigenvalue weighted by atomic mass is 9.74. The van der Waals surface area contributed by atoms with Gasteiger partial charge < -0.3 is 9.05 Å². The number of phosphoric acid groups is 2. The molecule has 0 saturated carbocycles. The molecule has 8 aliphatic carbocycles. The number of hydrogen-bond donors (Lipinski definition) is 4. The molecule has 0 spiro atoms. The maximum Gasteiger partial charge on any atom is 0.524 e. The highest BCUT2D eigenvalue weighted by Gasteiger charge is 2.56. The topological polar surface area (TPSA) is 134 Å². The molecular formula is C42H32O8P2. The van der Waals surface area contributed by atoms with Gasteiger partial charge >= 0.3 is 15.6 Å². The van der Waals surface area contributed by atoms with E-state index in [1.54, 1.807) is 0 Å². The van der Waals surface area contributed by atoms with E-state index in [0.717, 1.165) is 35.1 Å². The van der Waals surface area contributed by atoms with Crippen molar-refractivity contribution in [3.05, 3.63) is 162 Å². The van der Waals surface area contributed by atoms with Crippen LogP contribution in [0.25, 0.3) is 0 Å². The third-order valence-corrected chi connectivity index (χ3v) is 15.2. The summed E-state index contributed by atoms with van der Waals surface area (Å²) in [5, 5.41) is 0. The van der Waals surface area contributed by atoms with E-state index >= 15 is 0 Å². The Labute approximate surface area is 298 Å². The second kappa shape index (κ2) is 9.19. The van der Waals surface area contributed by atoms with Gasteiger partial charge in [-0.1, -0.05) is 72.8 Å². The number of phosphoric ester groups is 2. The van der Waals surface area contributed by atoms with Gasteiger partial charge in [0.15, 0.2) is 0 Å². The quantitative estimate of drug-likeness (QED) is 0.136. The van der Waals surface area contributed by atoms with Gasteiger partial charge in [-0.3, -0.25) is 19.6 Å². The average Bonchev–Trinajstić information content (AvgIpc) is 3.98. The molecule has 8 atom stereocenters. The minimum atomic E-state index is -5.03. The molecule has 10 heteroatoms. The Morgan fingerprint density at radius 1 is 0.385 bits per heavy atom. The zero-order chi connectivity index (χ0) is 34.7. The Morgan fingerprint density at radius 3 is 0.865 bits per heavy atom. The first-order valence-corrected chi connectivity index (χ1v) is 21.3. The fraction of sp³-hybridized carbons (Fsp3) is 0.286. The molecule has 0 aliphatic heterocycles. The molecule has 13 rings (SSSR count). The molecule has 8 nitrogen and oxygen atoms in total. The van der Waals surface area contributed by atoms with Gasteiger partial charge in [0.1, 0.15) is 11.5 Å². The lowest BCUT2D eigenvalue weighted by molar-refractivity contribution is 0.275. The molecule has 0 heterocycles. The van der Waals surface area contributed by atoms with E-state index in [0.29, 0.717) is 58.8 Å². The highest BCUT2D eigenvalue weighted by molar-refractivity contribution is 7.47. The standard InChI is InChI=1S/C42H32O8P2/c43-51(44,45)49-41-37-33-15-34(30-12-26-22-9-21(25(26)11-29(30)33)17-5-1-2-6-18(17)22)38(37)42(50-52(46,47)48)40-36-16-35(39(40)41)31-13-27-23-10-24(28(27)14-32(31)36)20-8-4-3-7-19(20)23/h1-8,11-14,21-24,33-36H,9-10,15-16H2,(H2,43,44,45)(H2,46,47,48)/t21-,22?,23?,24?,33-,34?,35+,36?/m0/s1. The van der Waals surface area contributed by atoms with Gasteiger partial charge in [-0.2, -0.15) is 0 Å². The Kier molecular flexibility index (Phi) is 5.21. The molecule has 258 valence electrons. The minimum Gasteiger partial charge on any atom is -0.404 e. The fourth-order valence-electron chi connectivity index (χ4n) is 12.9. The molecule has 8 bridgehead atoms. The molecule has 5 unspecified atom stereocenters. The lowest BCUT2D eigenvalue weighted by Crippen LogP contribution is -2.16. The summed E-state index contributed by atoms with van der Waals surface area (Å²) in [5.41, 5.74) is 17.7. The lowest BCUT2D eigenvalue weighted by Gasteiger charge is -2.33. The molecule has 4 N–H and O–H groups in total. The average molecular weight is 727 g/mol. The first kappa shape index (κ1) is 29.5. The van der Waals surface area contributed by atoms with Crippen molar-refractivity contribution in [1.82, 2.24) is 0 Å². The summed E-state index contributed by atoms with van der Waals surface area (Å²) < 4.78 is 37.3. The highest BCUT2D eigenvalue weighted by atomic mass is 31.2. The van der Waals surface area contributed by atoms with Crippen LogP contribution in [-0.4, -0.2) is 19.6 Å². The van der Waals surface area contributed by atoms with E-state index in [1.165, 1.54) is 44.5 Å². The normalized spacial score (nSPS) is 29.0. The predicted octanol–water partition coefficient (Wildman–Crippen LogP) is 8.55. The van der Waals surface area contributed by atoms with Crippen LogP contribution < -0.4 is 9.05 Å². The molecule has 5 aromatic rings. The van der Waals surface area contributed by atoms with Crippen LogP contribution >= 0.6 is 15.6 Å². The summed E-state index contributed by atoms with van der Waals surface area (Å²) in [5.74, 6) is 0.661. The van der Waals surface area contributed by atoms with Gasteiger partial charge in [-0.05, 0) is 92.4 Å². The second-order valence-corrected chi connectivity index (χ2v) is 18.6. The number of benzene rings is 5. The number of fused-ring (bicyclic) bond motifs is 32. The largest absolute Gasteiger partial charge is 0.524 e. The molecule has 5 aromatic carbocycles. The third-order valence-electron chi connectivity index (χ3n) is 14.3. The summed E-state index contributed by atoms with van der Waals surface area (Å²) >= 11 is 0. The first-order chi connectivity index (χ1) is 25.0. The van der Waals surface area contributed by atoms with Crippen LogP contribution in [0, 0.1) is 0 Å². The smallest absolute Gasteiger partial charge is 0.404 e. The summed E-state index contributed by atoms with van der Waals surface area (Å²) in [6.45, 7) is 0. The van der Waals surface area contributed by atoms with Gasteiger partial charge in [0, 0.05) is 69.6 Å². The molecule has 8 aliphatic rings. The van der Waals surface area contributed by atoms with Gasteiger partial charge in [0.2, 0.25) is 0 Å². The first-order valence-electron chi connectivity index (χ1n) is 18.3. The zero-order valence-electron chi connectivity index (χ0n) is 27.7. The highest BCUT2D eigenvalue weighted by Crippen LogP contribution is 2.73. The molecule has 0 fully saturated rings. The monoisotopic (exact) mass is 726 g/mol. The molecule has 0 aromatic heterocycles. The number of rotatable bonds is 4. The summed E-state index contributed by atoms with van der Waals surface area (Å²) in [4.78, 5) is 41.7. The van der Waals surface area contributed by atoms with Crippen LogP contribution in [0.1, 0.15) is 162 Å². The molecule has 0 amide bonds. The Bertz CT molecular complexity index is 2340. The molecule has 52 heavy (non-hydrogen) atoms. The predicted molar refractivity (Wildman–Crippen MR) is 191 cm³/mol. The minimum absolute atomic E-state index is 0.187. The van der Waals surface area contributed by atoms with E-state index in [2.05, 4.69) is 72.8 Å². The summed E-state index contributed by atoms with van der Waals surface area (Å²) in [7, 11) is -10.1. The van der Waals surface area contributed by atoms with E-state index in [9.17, 15) is 28.7 Å².